The van der Waals surface area contributed by atoms with Crippen molar-refractivity contribution >= 4 is 23.5 Å². The largest absolute Gasteiger partial charge is 0.461 e. The Hall–Kier alpha value is -1.17. The maximum atomic E-state index is 11.8. The van der Waals surface area contributed by atoms with Crippen LogP contribution in [0.3, 0.4) is 0 Å². The van der Waals surface area contributed by atoms with Crippen LogP contribution in [-0.2, 0) is 17.7 Å². The number of esters is 1. The van der Waals surface area contributed by atoms with E-state index >= 15 is 0 Å². The van der Waals surface area contributed by atoms with Crippen LogP contribution < -0.4 is 5.73 Å². The monoisotopic (exact) mass is 283 g/mol. The van der Waals surface area contributed by atoms with Crippen molar-refractivity contribution in [1.29, 1.82) is 0 Å². The summed E-state index contributed by atoms with van der Waals surface area (Å²) in [4.78, 5) is 16.1. The Morgan fingerprint density at radius 3 is 2.95 bits per heavy atom. The molecule has 0 saturated carbocycles. The molecule has 0 aliphatic carbocycles. The summed E-state index contributed by atoms with van der Waals surface area (Å²) in [7, 11) is 0. The van der Waals surface area contributed by atoms with Crippen LogP contribution >= 0.6 is 11.8 Å². The molecule has 2 rings (SSSR count). The summed E-state index contributed by atoms with van der Waals surface area (Å²) in [5.74, 6) is 3.90. The average Bonchev–Trinajstić information content (AvgIpc) is 3.00. The lowest BCUT2D eigenvalue weighted by Gasteiger charge is -2.13. The van der Waals surface area contributed by atoms with Crippen molar-refractivity contribution < 1.29 is 9.53 Å². The first-order chi connectivity index (χ1) is 9.17. The molecule has 5 nitrogen and oxygen atoms in total. The van der Waals surface area contributed by atoms with Gasteiger partial charge >= 0.3 is 5.97 Å². The Morgan fingerprint density at radius 2 is 2.37 bits per heavy atom. The molecule has 1 atom stereocenters. The van der Waals surface area contributed by atoms with E-state index in [-0.39, 0.29) is 5.69 Å². The van der Waals surface area contributed by atoms with Gasteiger partial charge in [-0.3, -0.25) is 0 Å². The number of hydrogen-bond acceptors (Lipinski definition) is 5. The zero-order valence-electron chi connectivity index (χ0n) is 11.5. The summed E-state index contributed by atoms with van der Waals surface area (Å²) in [6, 6.07) is 0. The van der Waals surface area contributed by atoms with Crippen molar-refractivity contribution in [3.63, 3.8) is 0 Å². The molecule has 1 aromatic heterocycles. The summed E-state index contributed by atoms with van der Waals surface area (Å²) < 4.78 is 6.98. The molecule has 0 radical (unpaired) electrons. The van der Waals surface area contributed by atoms with Gasteiger partial charge in [0.05, 0.1) is 6.61 Å². The molecule has 19 heavy (non-hydrogen) atoms. The van der Waals surface area contributed by atoms with Crippen LogP contribution in [0.2, 0.25) is 0 Å². The van der Waals surface area contributed by atoms with E-state index in [1.807, 2.05) is 23.3 Å². The second-order valence-corrected chi connectivity index (χ2v) is 5.83. The SMILES string of the molecule is CCOC(=O)c1nc(CC)n(CC2CCSC2)c1N. The number of nitrogens with zero attached hydrogens (tertiary/aromatic N) is 2. The van der Waals surface area contributed by atoms with Crippen molar-refractivity contribution in [2.45, 2.75) is 33.2 Å². The Kier molecular flexibility index (Phi) is 4.74. The minimum Gasteiger partial charge on any atom is -0.461 e. The smallest absolute Gasteiger partial charge is 0.360 e. The molecule has 1 aliphatic rings. The van der Waals surface area contributed by atoms with E-state index < -0.39 is 5.97 Å². The molecule has 1 aliphatic heterocycles. The second kappa shape index (κ2) is 6.32. The van der Waals surface area contributed by atoms with Gasteiger partial charge in [0, 0.05) is 13.0 Å². The fraction of sp³-hybridized carbons (Fsp3) is 0.692. The fourth-order valence-corrected chi connectivity index (χ4v) is 3.59. The number of rotatable bonds is 5. The highest BCUT2D eigenvalue weighted by atomic mass is 32.2. The predicted molar refractivity (Wildman–Crippen MR) is 77.4 cm³/mol. The third kappa shape index (κ3) is 3.05. The molecule has 1 aromatic rings. The van der Waals surface area contributed by atoms with Gasteiger partial charge in [-0.05, 0) is 30.8 Å². The molecular formula is C13H21N3O2S. The second-order valence-electron chi connectivity index (χ2n) is 4.68. The lowest BCUT2D eigenvalue weighted by molar-refractivity contribution is 0.0521. The van der Waals surface area contributed by atoms with Crippen molar-refractivity contribution in [3.8, 4) is 0 Å². The Morgan fingerprint density at radius 1 is 1.58 bits per heavy atom. The molecule has 2 N–H and O–H groups in total. The summed E-state index contributed by atoms with van der Waals surface area (Å²) >= 11 is 1.98. The van der Waals surface area contributed by atoms with Gasteiger partial charge in [-0.25, -0.2) is 9.78 Å². The first-order valence-corrected chi connectivity index (χ1v) is 7.92. The maximum Gasteiger partial charge on any atom is 0.360 e. The van der Waals surface area contributed by atoms with E-state index in [2.05, 4.69) is 4.98 Å². The van der Waals surface area contributed by atoms with Crippen LogP contribution in [0, 0.1) is 5.92 Å². The number of thioether (sulfide) groups is 1. The van der Waals surface area contributed by atoms with Gasteiger partial charge in [0.1, 0.15) is 11.6 Å². The van der Waals surface area contributed by atoms with Gasteiger partial charge in [-0.15, -0.1) is 0 Å². The quantitative estimate of drug-likeness (QED) is 0.836. The van der Waals surface area contributed by atoms with Crippen molar-refractivity contribution in [3.05, 3.63) is 11.5 Å². The summed E-state index contributed by atoms with van der Waals surface area (Å²) in [5, 5.41) is 0. The standard InChI is InChI=1S/C13H21N3O2S/c1-3-10-15-11(13(17)18-4-2)12(14)16(10)7-9-5-6-19-8-9/h9H,3-8,14H2,1-2H3. The van der Waals surface area contributed by atoms with Crippen LogP contribution in [0.4, 0.5) is 5.82 Å². The van der Waals surface area contributed by atoms with Gasteiger partial charge in [0.25, 0.3) is 0 Å². The molecule has 1 fully saturated rings. The Labute approximate surface area is 117 Å². The highest BCUT2D eigenvalue weighted by Crippen LogP contribution is 2.27. The number of carbonyl (C=O) groups excluding carboxylic acids is 1. The van der Waals surface area contributed by atoms with Crippen LogP contribution in [0.1, 0.15) is 36.6 Å². The van der Waals surface area contributed by atoms with E-state index in [4.69, 9.17) is 10.5 Å². The van der Waals surface area contributed by atoms with Gasteiger partial charge in [-0.1, -0.05) is 6.92 Å². The minimum absolute atomic E-state index is 0.268. The number of nitrogens with two attached hydrogens (primary N) is 1. The molecule has 6 heteroatoms. The van der Waals surface area contributed by atoms with Gasteiger partial charge in [-0.2, -0.15) is 11.8 Å². The Balaban J connectivity index is 2.23. The van der Waals surface area contributed by atoms with Gasteiger partial charge in [0.2, 0.25) is 0 Å². The van der Waals surface area contributed by atoms with Crippen LogP contribution in [0.15, 0.2) is 0 Å². The predicted octanol–water partition coefficient (Wildman–Crippen LogP) is 1.96. The van der Waals surface area contributed by atoms with E-state index in [1.54, 1.807) is 6.92 Å². The molecule has 1 unspecified atom stereocenters. The van der Waals surface area contributed by atoms with Crippen LogP contribution in [-0.4, -0.2) is 33.6 Å². The number of anilines is 1. The van der Waals surface area contributed by atoms with Crippen LogP contribution in [0.25, 0.3) is 0 Å². The van der Waals surface area contributed by atoms with E-state index in [1.165, 1.54) is 12.2 Å². The number of aromatic nitrogens is 2. The third-order valence-electron chi connectivity index (χ3n) is 3.34. The number of carbonyl (C=O) groups is 1. The summed E-state index contributed by atoms with van der Waals surface area (Å²) in [5.41, 5.74) is 6.35. The zero-order valence-corrected chi connectivity index (χ0v) is 12.3. The van der Waals surface area contributed by atoms with Gasteiger partial charge < -0.3 is 15.0 Å². The van der Waals surface area contributed by atoms with Crippen LogP contribution in [0.5, 0.6) is 0 Å². The number of imidazole rings is 1. The summed E-state index contributed by atoms with van der Waals surface area (Å²) in [6.07, 6.45) is 1.98. The van der Waals surface area contributed by atoms with Crippen molar-refractivity contribution in [2.75, 3.05) is 23.8 Å². The summed E-state index contributed by atoms with van der Waals surface area (Å²) in [6.45, 7) is 5.00. The maximum absolute atomic E-state index is 11.8. The highest BCUT2D eigenvalue weighted by Gasteiger charge is 2.24. The third-order valence-corrected chi connectivity index (χ3v) is 4.57. The molecule has 0 aromatic carbocycles. The molecular weight excluding hydrogens is 262 g/mol. The van der Waals surface area contributed by atoms with E-state index in [9.17, 15) is 4.79 Å². The number of nitrogen functional groups attached to an aromatic ring is 1. The number of hydrogen-bond donors (Lipinski definition) is 1. The van der Waals surface area contributed by atoms with Crippen molar-refractivity contribution in [1.82, 2.24) is 9.55 Å². The van der Waals surface area contributed by atoms with Crippen molar-refractivity contribution in [2.24, 2.45) is 5.92 Å². The Bertz CT molecular complexity index is 453. The first kappa shape index (κ1) is 14.2. The molecule has 0 bridgehead atoms. The molecule has 0 spiro atoms. The highest BCUT2D eigenvalue weighted by molar-refractivity contribution is 7.99. The molecule has 0 amide bonds. The first-order valence-electron chi connectivity index (χ1n) is 6.77. The zero-order chi connectivity index (χ0) is 13.8. The topological polar surface area (TPSA) is 70.1 Å². The minimum atomic E-state index is -0.422. The lowest BCUT2D eigenvalue weighted by atomic mass is 10.1. The van der Waals surface area contributed by atoms with E-state index in [0.29, 0.717) is 18.3 Å². The van der Waals surface area contributed by atoms with E-state index in [0.717, 1.165) is 24.5 Å². The molecule has 1 saturated heterocycles. The fourth-order valence-electron chi connectivity index (χ4n) is 2.32. The van der Waals surface area contributed by atoms with Gasteiger partial charge in [0.15, 0.2) is 5.69 Å². The molecule has 2 heterocycles. The number of aryl methyl sites for hydroxylation is 1. The average molecular weight is 283 g/mol. The normalized spacial score (nSPS) is 18.7. The molecule has 106 valence electrons. The number of ether oxygens (including phenoxy) is 1. The lowest BCUT2D eigenvalue weighted by Crippen LogP contribution is -2.15.